The highest BCUT2D eigenvalue weighted by atomic mass is 16.5. The van der Waals surface area contributed by atoms with Crippen LogP contribution < -0.4 is 0 Å². The maximum absolute atomic E-state index is 11.8. The normalized spacial score (nSPS) is 26.6. The second-order valence-electron chi connectivity index (χ2n) is 6.04. The van der Waals surface area contributed by atoms with Gasteiger partial charge in [-0.25, -0.2) is 0 Å². The molecule has 2 heterocycles. The van der Waals surface area contributed by atoms with E-state index in [0.717, 1.165) is 39.0 Å². The summed E-state index contributed by atoms with van der Waals surface area (Å²) in [6, 6.07) is 0. The van der Waals surface area contributed by atoms with Crippen LogP contribution in [0.3, 0.4) is 0 Å². The number of carbonyl (C=O) groups is 1. The standard InChI is InChI=1S/C15H29N3O2/c1-3-20-15(19)14-5-4-6-18(13-14)12-11-17-9-7-16(2)8-10-17/h14H,3-13H2,1-2H3. The molecule has 1 unspecified atom stereocenters. The van der Waals surface area contributed by atoms with Gasteiger partial charge in [-0.3, -0.25) is 9.69 Å². The van der Waals surface area contributed by atoms with E-state index in [1.165, 1.54) is 26.2 Å². The van der Waals surface area contributed by atoms with Gasteiger partial charge in [-0.1, -0.05) is 0 Å². The number of nitrogens with zero attached hydrogens (tertiary/aromatic N) is 3. The lowest BCUT2D eigenvalue weighted by molar-refractivity contribution is -0.149. The van der Waals surface area contributed by atoms with Crippen LogP contribution in [-0.2, 0) is 9.53 Å². The number of hydrogen-bond donors (Lipinski definition) is 0. The zero-order chi connectivity index (χ0) is 14.4. The summed E-state index contributed by atoms with van der Waals surface area (Å²) in [7, 11) is 2.19. The van der Waals surface area contributed by atoms with Crippen molar-refractivity contribution < 1.29 is 9.53 Å². The van der Waals surface area contributed by atoms with Crippen LogP contribution in [0.5, 0.6) is 0 Å². The second-order valence-corrected chi connectivity index (χ2v) is 6.04. The minimum absolute atomic E-state index is 0.00297. The van der Waals surface area contributed by atoms with Crippen LogP contribution in [0, 0.1) is 5.92 Å². The summed E-state index contributed by atoms with van der Waals surface area (Å²) in [5, 5.41) is 0. The zero-order valence-corrected chi connectivity index (χ0v) is 13.0. The molecule has 2 aliphatic heterocycles. The van der Waals surface area contributed by atoms with Crippen LogP contribution in [0.25, 0.3) is 0 Å². The molecule has 0 bridgehead atoms. The Morgan fingerprint density at radius 1 is 1.10 bits per heavy atom. The summed E-state index contributed by atoms with van der Waals surface area (Å²) in [5.74, 6) is 0.0907. The van der Waals surface area contributed by atoms with E-state index in [1.807, 2.05) is 6.92 Å². The summed E-state index contributed by atoms with van der Waals surface area (Å²) in [4.78, 5) is 19.2. The molecule has 5 heteroatoms. The number of likely N-dealkylation sites (tertiary alicyclic amines) is 1. The van der Waals surface area contributed by atoms with Crippen molar-refractivity contribution >= 4 is 5.97 Å². The molecular weight excluding hydrogens is 254 g/mol. The SMILES string of the molecule is CCOC(=O)C1CCCN(CCN2CCN(C)CC2)C1. The van der Waals surface area contributed by atoms with Crippen LogP contribution in [0.4, 0.5) is 0 Å². The van der Waals surface area contributed by atoms with E-state index >= 15 is 0 Å². The maximum atomic E-state index is 11.8. The molecule has 2 rings (SSSR count). The Morgan fingerprint density at radius 2 is 1.80 bits per heavy atom. The number of carbonyl (C=O) groups excluding carboxylic acids is 1. The van der Waals surface area contributed by atoms with Crippen LogP contribution in [0.2, 0.25) is 0 Å². The average molecular weight is 283 g/mol. The Kier molecular flexibility index (Phi) is 6.26. The highest BCUT2D eigenvalue weighted by molar-refractivity contribution is 5.72. The largest absolute Gasteiger partial charge is 0.466 e. The summed E-state index contributed by atoms with van der Waals surface area (Å²) >= 11 is 0. The highest BCUT2D eigenvalue weighted by Gasteiger charge is 2.27. The molecule has 0 N–H and O–H groups in total. The van der Waals surface area contributed by atoms with Crippen LogP contribution >= 0.6 is 0 Å². The van der Waals surface area contributed by atoms with Crippen LogP contribution in [0.15, 0.2) is 0 Å². The van der Waals surface area contributed by atoms with Crippen molar-refractivity contribution in [1.82, 2.24) is 14.7 Å². The van der Waals surface area contributed by atoms with Gasteiger partial charge in [0, 0.05) is 45.8 Å². The van der Waals surface area contributed by atoms with Crippen molar-refractivity contribution in [2.75, 3.05) is 66.0 Å². The third-order valence-electron chi connectivity index (χ3n) is 4.45. The highest BCUT2D eigenvalue weighted by Crippen LogP contribution is 2.17. The molecule has 20 heavy (non-hydrogen) atoms. The predicted molar refractivity (Wildman–Crippen MR) is 79.7 cm³/mol. The van der Waals surface area contributed by atoms with Gasteiger partial charge in [0.05, 0.1) is 12.5 Å². The van der Waals surface area contributed by atoms with Crippen LogP contribution in [0.1, 0.15) is 19.8 Å². The lowest BCUT2D eigenvalue weighted by atomic mass is 9.98. The van der Waals surface area contributed by atoms with Crippen molar-refractivity contribution in [3.05, 3.63) is 0 Å². The molecule has 2 saturated heterocycles. The Bertz CT molecular complexity index is 303. The Labute approximate surface area is 122 Å². The molecule has 2 aliphatic rings. The molecule has 116 valence electrons. The first-order valence-electron chi connectivity index (χ1n) is 7.99. The number of esters is 1. The fourth-order valence-corrected chi connectivity index (χ4v) is 3.07. The number of piperazine rings is 1. The molecule has 0 saturated carbocycles. The smallest absolute Gasteiger partial charge is 0.310 e. The second kappa shape index (κ2) is 7.96. The molecular formula is C15H29N3O2. The predicted octanol–water partition coefficient (Wildman–Crippen LogP) is 0.509. The number of ether oxygens (including phenoxy) is 1. The Morgan fingerprint density at radius 3 is 2.50 bits per heavy atom. The van der Waals surface area contributed by atoms with Gasteiger partial charge >= 0.3 is 5.97 Å². The fraction of sp³-hybridized carbons (Fsp3) is 0.933. The van der Waals surface area contributed by atoms with Crippen molar-refractivity contribution in [3.63, 3.8) is 0 Å². The van der Waals surface area contributed by atoms with Crippen molar-refractivity contribution in [2.24, 2.45) is 5.92 Å². The van der Waals surface area contributed by atoms with E-state index in [-0.39, 0.29) is 11.9 Å². The Balaban J connectivity index is 1.69. The first kappa shape index (κ1) is 15.7. The summed E-state index contributed by atoms with van der Waals surface area (Å²) in [6.07, 6.45) is 2.11. The third-order valence-corrected chi connectivity index (χ3v) is 4.45. The molecule has 2 fully saturated rings. The lowest BCUT2D eigenvalue weighted by Crippen LogP contribution is -2.48. The number of rotatable bonds is 5. The summed E-state index contributed by atoms with van der Waals surface area (Å²) < 4.78 is 5.15. The summed E-state index contributed by atoms with van der Waals surface area (Å²) in [6.45, 7) is 11.3. The van der Waals surface area contributed by atoms with Gasteiger partial charge in [0.15, 0.2) is 0 Å². The van der Waals surface area contributed by atoms with Crippen LogP contribution in [-0.4, -0.2) is 86.7 Å². The van der Waals surface area contributed by atoms with Crippen molar-refractivity contribution in [2.45, 2.75) is 19.8 Å². The van der Waals surface area contributed by atoms with E-state index in [4.69, 9.17) is 4.74 Å². The molecule has 0 aliphatic carbocycles. The van der Waals surface area contributed by atoms with E-state index in [1.54, 1.807) is 0 Å². The molecule has 0 spiro atoms. The van der Waals surface area contributed by atoms with Gasteiger partial charge in [0.25, 0.3) is 0 Å². The first-order valence-corrected chi connectivity index (χ1v) is 7.99. The number of piperidine rings is 1. The topological polar surface area (TPSA) is 36.0 Å². The minimum Gasteiger partial charge on any atom is -0.466 e. The van der Waals surface area contributed by atoms with Gasteiger partial charge < -0.3 is 14.5 Å². The molecule has 1 atom stereocenters. The van der Waals surface area contributed by atoms with Gasteiger partial charge in [-0.15, -0.1) is 0 Å². The quantitative estimate of drug-likeness (QED) is 0.687. The summed E-state index contributed by atoms with van der Waals surface area (Å²) in [5.41, 5.74) is 0. The van der Waals surface area contributed by atoms with Gasteiger partial charge in [-0.05, 0) is 33.4 Å². The number of hydrogen-bond acceptors (Lipinski definition) is 5. The van der Waals surface area contributed by atoms with Gasteiger partial charge in [0.1, 0.15) is 0 Å². The third kappa shape index (κ3) is 4.72. The Hall–Kier alpha value is -0.650. The molecule has 0 amide bonds. The number of likely N-dealkylation sites (N-methyl/N-ethyl adjacent to an activating group) is 1. The molecule has 0 aromatic carbocycles. The monoisotopic (exact) mass is 283 g/mol. The first-order chi connectivity index (χ1) is 9.69. The minimum atomic E-state index is -0.00297. The average Bonchev–Trinajstić information content (AvgIpc) is 2.47. The van der Waals surface area contributed by atoms with Gasteiger partial charge in [0.2, 0.25) is 0 Å². The maximum Gasteiger partial charge on any atom is 0.310 e. The zero-order valence-electron chi connectivity index (χ0n) is 13.0. The van der Waals surface area contributed by atoms with Gasteiger partial charge in [-0.2, -0.15) is 0 Å². The molecule has 0 aromatic heterocycles. The van der Waals surface area contributed by atoms with Crippen molar-refractivity contribution in [1.29, 1.82) is 0 Å². The van der Waals surface area contributed by atoms with E-state index in [0.29, 0.717) is 6.61 Å². The van der Waals surface area contributed by atoms with E-state index < -0.39 is 0 Å². The van der Waals surface area contributed by atoms with E-state index in [2.05, 4.69) is 21.7 Å². The molecule has 5 nitrogen and oxygen atoms in total. The fourth-order valence-electron chi connectivity index (χ4n) is 3.07. The van der Waals surface area contributed by atoms with E-state index in [9.17, 15) is 4.79 Å². The molecule has 0 aromatic rings. The van der Waals surface area contributed by atoms with Crippen molar-refractivity contribution in [3.8, 4) is 0 Å². The lowest BCUT2D eigenvalue weighted by Gasteiger charge is -2.36. The molecule has 0 radical (unpaired) electrons.